The van der Waals surface area contributed by atoms with Gasteiger partial charge in [-0.2, -0.15) is 0 Å². The molecule has 1 fully saturated rings. The summed E-state index contributed by atoms with van der Waals surface area (Å²) in [6, 6.07) is 5.50. The number of alkyl carbamates (subject to hydrolysis) is 1. The number of likely N-dealkylation sites (tertiary alicyclic amines) is 1. The quantitative estimate of drug-likeness (QED) is 0.659. The summed E-state index contributed by atoms with van der Waals surface area (Å²) in [5, 5.41) is 3.58. The third kappa shape index (κ3) is 8.81. The van der Waals surface area contributed by atoms with Crippen LogP contribution in [0.5, 0.6) is 0 Å². The lowest BCUT2D eigenvalue weighted by atomic mass is 10.1. The Kier molecular flexibility index (Phi) is 9.05. The summed E-state index contributed by atoms with van der Waals surface area (Å²) in [6.45, 7) is 9.42. The Morgan fingerprint density at radius 3 is 2.45 bits per heavy atom. The van der Waals surface area contributed by atoms with E-state index in [1.165, 1.54) is 12.8 Å². The molecule has 0 unspecified atom stereocenters. The van der Waals surface area contributed by atoms with Gasteiger partial charge < -0.3 is 19.9 Å². The van der Waals surface area contributed by atoms with Gasteiger partial charge in [-0.05, 0) is 70.8 Å². The van der Waals surface area contributed by atoms with E-state index in [9.17, 15) is 9.59 Å². The highest BCUT2D eigenvalue weighted by atomic mass is 35.5. The van der Waals surface area contributed by atoms with Gasteiger partial charge in [-0.1, -0.05) is 29.3 Å². The summed E-state index contributed by atoms with van der Waals surface area (Å²) < 4.78 is 5.21. The predicted octanol–water partition coefficient (Wildman–Crippen LogP) is 3.99. The fraction of sp³-hybridized carbons (Fsp3) is 0.619. The van der Waals surface area contributed by atoms with Crippen LogP contribution in [0.1, 0.15) is 39.2 Å². The standard InChI is InChI=1S/C21H31Cl2N3O3/c1-21(2,3)29-20(28)24-15-19(27)26(13-12-25-9-4-5-10-25)11-8-16-6-7-17(22)18(23)14-16/h6-7,14H,4-5,8-13,15H2,1-3H3,(H,24,28). The van der Waals surface area contributed by atoms with Crippen molar-refractivity contribution in [2.45, 2.75) is 45.6 Å². The summed E-state index contributed by atoms with van der Waals surface area (Å²) in [5.74, 6) is -0.130. The zero-order valence-corrected chi connectivity index (χ0v) is 19.0. The SMILES string of the molecule is CC(C)(C)OC(=O)NCC(=O)N(CCc1ccc(Cl)c(Cl)c1)CCN1CCCC1. The van der Waals surface area contributed by atoms with Crippen LogP contribution in [0.2, 0.25) is 10.0 Å². The van der Waals surface area contributed by atoms with E-state index in [0.29, 0.717) is 29.6 Å². The molecular weight excluding hydrogens is 413 g/mol. The van der Waals surface area contributed by atoms with E-state index in [1.54, 1.807) is 31.7 Å². The van der Waals surface area contributed by atoms with Crippen molar-refractivity contribution in [3.8, 4) is 0 Å². The maximum Gasteiger partial charge on any atom is 0.408 e. The molecule has 0 atom stereocenters. The molecule has 1 aliphatic heterocycles. The van der Waals surface area contributed by atoms with Crippen molar-refractivity contribution in [2.75, 3.05) is 39.3 Å². The molecule has 0 aromatic heterocycles. The minimum absolute atomic E-state index is 0.0870. The molecule has 1 saturated heterocycles. The van der Waals surface area contributed by atoms with Crippen LogP contribution in [0.3, 0.4) is 0 Å². The zero-order chi connectivity index (χ0) is 21.4. The number of nitrogens with one attached hydrogen (secondary N) is 1. The smallest absolute Gasteiger partial charge is 0.408 e. The van der Waals surface area contributed by atoms with Gasteiger partial charge in [-0.15, -0.1) is 0 Å². The molecule has 1 aromatic carbocycles. The van der Waals surface area contributed by atoms with Crippen LogP contribution in [-0.2, 0) is 16.0 Å². The minimum atomic E-state index is -0.601. The molecule has 0 spiro atoms. The van der Waals surface area contributed by atoms with E-state index in [0.717, 1.165) is 25.2 Å². The van der Waals surface area contributed by atoms with Crippen LogP contribution in [0.4, 0.5) is 4.79 Å². The predicted molar refractivity (Wildman–Crippen MR) is 117 cm³/mol. The maximum absolute atomic E-state index is 12.8. The number of nitrogens with zero attached hydrogens (tertiary/aromatic N) is 2. The van der Waals surface area contributed by atoms with E-state index in [1.807, 2.05) is 12.1 Å². The van der Waals surface area contributed by atoms with Crippen molar-refractivity contribution < 1.29 is 14.3 Å². The average molecular weight is 444 g/mol. The second-order valence-corrected chi connectivity index (χ2v) is 9.10. The Hall–Kier alpha value is -1.50. The third-order valence-corrected chi connectivity index (χ3v) is 5.41. The van der Waals surface area contributed by atoms with Crippen LogP contribution < -0.4 is 5.32 Å². The van der Waals surface area contributed by atoms with Crippen LogP contribution in [0.15, 0.2) is 18.2 Å². The van der Waals surface area contributed by atoms with Crippen molar-refractivity contribution in [3.05, 3.63) is 33.8 Å². The summed E-state index contributed by atoms with van der Waals surface area (Å²) in [5.41, 5.74) is 0.412. The molecule has 2 amide bonds. The van der Waals surface area contributed by atoms with Crippen molar-refractivity contribution in [3.63, 3.8) is 0 Å². The van der Waals surface area contributed by atoms with Crippen LogP contribution in [0.25, 0.3) is 0 Å². The molecular formula is C21H31Cl2N3O3. The Bertz CT molecular complexity index is 701. The van der Waals surface area contributed by atoms with E-state index >= 15 is 0 Å². The summed E-state index contributed by atoms with van der Waals surface area (Å²) in [4.78, 5) is 28.8. The lowest BCUT2D eigenvalue weighted by Crippen LogP contribution is -2.45. The van der Waals surface area contributed by atoms with Crippen LogP contribution in [-0.4, -0.2) is 66.7 Å². The molecule has 0 saturated carbocycles. The van der Waals surface area contributed by atoms with Gasteiger partial charge in [-0.3, -0.25) is 4.79 Å². The van der Waals surface area contributed by atoms with Gasteiger partial charge in [0.15, 0.2) is 0 Å². The van der Waals surface area contributed by atoms with Crippen molar-refractivity contribution in [1.29, 1.82) is 0 Å². The van der Waals surface area contributed by atoms with Crippen LogP contribution in [0, 0.1) is 0 Å². The maximum atomic E-state index is 12.8. The number of ether oxygens (including phenoxy) is 1. The van der Waals surface area contributed by atoms with Gasteiger partial charge in [-0.25, -0.2) is 4.79 Å². The second-order valence-electron chi connectivity index (χ2n) is 8.28. The summed E-state index contributed by atoms with van der Waals surface area (Å²) >= 11 is 12.1. The monoisotopic (exact) mass is 443 g/mol. The number of hydrogen-bond acceptors (Lipinski definition) is 4. The van der Waals surface area contributed by atoms with Gasteiger partial charge in [0.1, 0.15) is 12.1 Å². The number of carbonyl (C=O) groups excluding carboxylic acids is 2. The van der Waals surface area contributed by atoms with Gasteiger partial charge in [0.2, 0.25) is 5.91 Å². The number of amides is 2. The number of halogens is 2. The van der Waals surface area contributed by atoms with Crippen molar-refractivity contribution in [2.24, 2.45) is 0 Å². The summed E-state index contributed by atoms with van der Waals surface area (Å²) in [7, 11) is 0. The average Bonchev–Trinajstić information content (AvgIpc) is 3.14. The lowest BCUT2D eigenvalue weighted by Gasteiger charge is -2.26. The highest BCUT2D eigenvalue weighted by Gasteiger charge is 2.20. The van der Waals surface area contributed by atoms with Crippen molar-refractivity contribution >= 4 is 35.2 Å². The van der Waals surface area contributed by atoms with Gasteiger partial charge >= 0.3 is 6.09 Å². The molecule has 6 nitrogen and oxygen atoms in total. The first-order chi connectivity index (χ1) is 13.6. The first-order valence-corrected chi connectivity index (χ1v) is 10.8. The van der Waals surface area contributed by atoms with Crippen molar-refractivity contribution in [1.82, 2.24) is 15.1 Å². The highest BCUT2D eigenvalue weighted by Crippen LogP contribution is 2.23. The fourth-order valence-corrected chi connectivity index (χ4v) is 3.48. The molecule has 29 heavy (non-hydrogen) atoms. The molecule has 8 heteroatoms. The molecule has 1 aliphatic rings. The number of hydrogen-bond donors (Lipinski definition) is 1. The van der Waals surface area contributed by atoms with E-state index < -0.39 is 11.7 Å². The molecule has 2 rings (SSSR count). The van der Waals surface area contributed by atoms with E-state index in [2.05, 4.69) is 10.2 Å². The number of carbonyl (C=O) groups is 2. The Morgan fingerprint density at radius 2 is 1.83 bits per heavy atom. The highest BCUT2D eigenvalue weighted by molar-refractivity contribution is 6.42. The third-order valence-electron chi connectivity index (χ3n) is 4.67. The minimum Gasteiger partial charge on any atom is -0.444 e. The van der Waals surface area contributed by atoms with Gasteiger partial charge in [0, 0.05) is 19.6 Å². The molecule has 1 aromatic rings. The number of rotatable bonds is 8. The lowest BCUT2D eigenvalue weighted by molar-refractivity contribution is -0.130. The first kappa shape index (κ1) is 23.8. The normalized spacial score (nSPS) is 14.7. The topological polar surface area (TPSA) is 61.9 Å². The van der Waals surface area contributed by atoms with E-state index in [-0.39, 0.29) is 12.5 Å². The second kappa shape index (κ2) is 11.0. The first-order valence-electron chi connectivity index (χ1n) is 10.0. The Labute approximate surface area is 183 Å². The largest absolute Gasteiger partial charge is 0.444 e. The molecule has 0 aliphatic carbocycles. The Morgan fingerprint density at radius 1 is 1.14 bits per heavy atom. The van der Waals surface area contributed by atoms with Gasteiger partial charge in [0.05, 0.1) is 10.0 Å². The number of benzene rings is 1. The zero-order valence-electron chi connectivity index (χ0n) is 17.5. The summed E-state index contributed by atoms with van der Waals surface area (Å²) in [6.07, 6.45) is 2.49. The molecule has 1 N–H and O–H groups in total. The van der Waals surface area contributed by atoms with Gasteiger partial charge in [0.25, 0.3) is 0 Å². The molecule has 162 valence electrons. The molecule has 0 bridgehead atoms. The molecule has 0 radical (unpaired) electrons. The van der Waals surface area contributed by atoms with Crippen LogP contribution >= 0.6 is 23.2 Å². The Balaban J connectivity index is 1.92. The molecule has 1 heterocycles. The fourth-order valence-electron chi connectivity index (χ4n) is 3.16. The van der Waals surface area contributed by atoms with E-state index in [4.69, 9.17) is 27.9 Å².